The number of nitrogen functional groups attached to an aromatic ring is 1. The summed E-state index contributed by atoms with van der Waals surface area (Å²) in [5, 5.41) is 10.2. The third-order valence-corrected chi connectivity index (χ3v) is 0.713. The summed E-state index contributed by atoms with van der Waals surface area (Å²) in [6.07, 6.45) is 2.40. The van der Waals surface area contributed by atoms with Crippen LogP contribution in [0.15, 0.2) is 18.6 Å². The first-order valence-electron chi connectivity index (χ1n) is 2.09. The maximum Gasteiger partial charge on any atom is 0.291 e. The fourth-order valence-corrected chi connectivity index (χ4v) is 0.355. The average Bonchev–Trinajstić information content (AvgIpc) is 1.77. The van der Waals surface area contributed by atoms with Gasteiger partial charge in [-0.15, -0.1) is 0 Å². The quantitative estimate of drug-likeness (QED) is 0.355. The summed E-state index contributed by atoms with van der Waals surface area (Å²) in [6, 6.07) is 1.44. The van der Waals surface area contributed by atoms with Gasteiger partial charge in [0, 0.05) is 6.07 Å². The van der Waals surface area contributed by atoms with E-state index >= 15 is 0 Å². The van der Waals surface area contributed by atoms with Crippen molar-refractivity contribution in [3.8, 4) is 0 Å². The Morgan fingerprint density at radius 3 is 2.88 bits per heavy atom. The molecule has 0 saturated heterocycles. The molecule has 8 heavy (non-hydrogen) atoms. The van der Waals surface area contributed by atoms with Crippen LogP contribution in [-0.2, 0) is 0 Å². The van der Waals surface area contributed by atoms with Crippen LogP contribution in [0, 0.1) is 5.21 Å². The molecule has 0 aliphatic heterocycles. The van der Waals surface area contributed by atoms with Crippen molar-refractivity contribution < 1.29 is 4.73 Å². The molecule has 0 unspecified atom stereocenters. The van der Waals surface area contributed by atoms with Crippen LogP contribution < -0.4 is 10.5 Å². The van der Waals surface area contributed by atoms with Crippen molar-refractivity contribution in [2.45, 2.75) is 0 Å². The molecule has 0 radical (unpaired) electrons. The van der Waals surface area contributed by atoms with E-state index in [0.717, 1.165) is 6.33 Å². The summed E-state index contributed by atoms with van der Waals surface area (Å²) in [4.78, 5) is 3.51. The van der Waals surface area contributed by atoms with E-state index in [9.17, 15) is 5.21 Å². The molecule has 0 bridgehead atoms. The lowest BCUT2D eigenvalue weighted by Crippen LogP contribution is -2.25. The van der Waals surface area contributed by atoms with Gasteiger partial charge in [-0.1, -0.05) is 0 Å². The highest BCUT2D eigenvalue weighted by Crippen LogP contribution is 1.84. The Balaban J connectivity index is 3.03. The molecule has 42 valence electrons. The molecule has 0 aliphatic carbocycles. The van der Waals surface area contributed by atoms with Crippen molar-refractivity contribution in [1.82, 2.24) is 4.98 Å². The third kappa shape index (κ3) is 0.841. The molecule has 0 fully saturated rings. The summed E-state index contributed by atoms with van der Waals surface area (Å²) in [5.74, 6) is 0.358. The highest BCUT2D eigenvalue weighted by Gasteiger charge is 1.88. The minimum atomic E-state index is 0.358. The molecule has 0 atom stereocenters. The predicted octanol–water partition coefficient (Wildman–Crippen LogP) is -0.703. The average molecular weight is 111 g/mol. The predicted molar refractivity (Wildman–Crippen MR) is 27.6 cm³/mol. The van der Waals surface area contributed by atoms with Crippen molar-refractivity contribution >= 4 is 5.82 Å². The number of anilines is 1. The molecule has 4 heteroatoms. The molecule has 0 aliphatic rings. The van der Waals surface area contributed by atoms with Crippen LogP contribution in [0.2, 0.25) is 0 Å². The van der Waals surface area contributed by atoms with Gasteiger partial charge >= 0.3 is 0 Å². The normalized spacial score (nSPS) is 9.00. The molecule has 1 aromatic rings. The van der Waals surface area contributed by atoms with Gasteiger partial charge in [0.2, 0.25) is 5.82 Å². The summed E-state index contributed by atoms with van der Waals surface area (Å²) in [6.45, 7) is 0. The van der Waals surface area contributed by atoms with Gasteiger partial charge in [0.25, 0.3) is 6.33 Å². The van der Waals surface area contributed by atoms with Gasteiger partial charge in [-0.05, 0) is 4.98 Å². The summed E-state index contributed by atoms with van der Waals surface area (Å²) in [7, 11) is 0. The second-order valence-electron chi connectivity index (χ2n) is 1.35. The molecular formula is C4H5N3O. The van der Waals surface area contributed by atoms with E-state index in [4.69, 9.17) is 5.73 Å². The minimum Gasteiger partial charge on any atom is -0.711 e. The highest BCUT2D eigenvalue weighted by molar-refractivity contribution is 5.21. The maximum atomic E-state index is 10.2. The maximum absolute atomic E-state index is 10.2. The highest BCUT2D eigenvalue weighted by atomic mass is 16.5. The fourth-order valence-electron chi connectivity index (χ4n) is 0.355. The monoisotopic (exact) mass is 111 g/mol. The van der Waals surface area contributed by atoms with E-state index in [1.165, 1.54) is 12.3 Å². The summed E-state index contributed by atoms with van der Waals surface area (Å²) < 4.78 is 0.580. The van der Waals surface area contributed by atoms with Crippen molar-refractivity contribution in [1.29, 1.82) is 0 Å². The van der Waals surface area contributed by atoms with Crippen molar-refractivity contribution in [2.75, 3.05) is 5.73 Å². The molecule has 1 aromatic heterocycles. The Morgan fingerprint density at radius 1 is 1.75 bits per heavy atom. The number of rotatable bonds is 0. The van der Waals surface area contributed by atoms with Crippen molar-refractivity contribution in [3.63, 3.8) is 0 Å². The first kappa shape index (κ1) is 4.83. The van der Waals surface area contributed by atoms with E-state index in [1.807, 2.05) is 0 Å². The number of hydrogen-bond donors (Lipinski definition) is 1. The van der Waals surface area contributed by atoms with Crippen LogP contribution in [0.3, 0.4) is 0 Å². The minimum absolute atomic E-state index is 0.358. The number of nitrogens with zero attached hydrogens (tertiary/aromatic N) is 2. The van der Waals surface area contributed by atoms with Gasteiger partial charge in [0.15, 0.2) is 0 Å². The van der Waals surface area contributed by atoms with Crippen LogP contribution in [0.25, 0.3) is 0 Å². The Labute approximate surface area is 46.2 Å². The molecule has 0 amide bonds. The molecule has 4 nitrogen and oxygen atoms in total. The Bertz CT molecular complexity index is 150. The number of aromatic nitrogens is 2. The zero-order valence-electron chi connectivity index (χ0n) is 4.11. The van der Waals surface area contributed by atoms with Crippen molar-refractivity contribution in [3.05, 3.63) is 23.8 Å². The van der Waals surface area contributed by atoms with Crippen LogP contribution in [0.5, 0.6) is 0 Å². The second kappa shape index (κ2) is 1.65. The lowest BCUT2D eigenvalue weighted by atomic mass is 10.6. The second-order valence-corrected chi connectivity index (χ2v) is 1.35. The van der Waals surface area contributed by atoms with E-state index in [1.54, 1.807) is 0 Å². The van der Waals surface area contributed by atoms with Crippen LogP contribution >= 0.6 is 0 Å². The standard InChI is InChI=1S/C4H5N3O/c5-4-1-2-7(8)3-6-4/h1-3H,(H2,5,6). The van der Waals surface area contributed by atoms with Gasteiger partial charge in [0.05, 0.1) is 6.20 Å². The molecule has 1 rings (SSSR count). The molecule has 0 saturated carbocycles. The van der Waals surface area contributed by atoms with Gasteiger partial charge in [0.1, 0.15) is 0 Å². The summed E-state index contributed by atoms with van der Waals surface area (Å²) >= 11 is 0. The Morgan fingerprint density at radius 2 is 2.50 bits per heavy atom. The van der Waals surface area contributed by atoms with Gasteiger partial charge in [-0.2, -0.15) is 0 Å². The van der Waals surface area contributed by atoms with E-state index in [2.05, 4.69) is 4.98 Å². The smallest absolute Gasteiger partial charge is 0.291 e. The zero-order chi connectivity index (χ0) is 5.98. The number of nitrogens with two attached hydrogens (primary N) is 1. The molecule has 2 N–H and O–H groups in total. The molecular weight excluding hydrogens is 106 g/mol. The zero-order valence-corrected chi connectivity index (χ0v) is 4.11. The van der Waals surface area contributed by atoms with E-state index < -0.39 is 0 Å². The van der Waals surface area contributed by atoms with E-state index in [0.29, 0.717) is 10.5 Å². The van der Waals surface area contributed by atoms with E-state index in [-0.39, 0.29) is 0 Å². The first-order chi connectivity index (χ1) is 3.79. The number of hydrogen-bond acceptors (Lipinski definition) is 3. The van der Waals surface area contributed by atoms with Crippen LogP contribution in [-0.4, -0.2) is 4.98 Å². The Kier molecular flexibility index (Phi) is 0.997. The van der Waals surface area contributed by atoms with Crippen molar-refractivity contribution in [2.24, 2.45) is 0 Å². The van der Waals surface area contributed by atoms with Gasteiger partial charge in [-0.25, -0.2) is 4.73 Å². The topological polar surface area (TPSA) is 65.8 Å². The fraction of sp³-hybridized carbons (Fsp3) is 0. The largest absolute Gasteiger partial charge is 0.711 e. The Hall–Kier alpha value is -1.32. The van der Waals surface area contributed by atoms with Crippen LogP contribution in [0.1, 0.15) is 0 Å². The molecule has 0 aromatic carbocycles. The van der Waals surface area contributed by atoms with Gasteiger partial charge in [-0.3, -0.25) is 0 Å². The first-order valence-corrected chi connectivity index (χ1v) is 2.09. The SMILES string of the molecule is Nc1cc[n+]([O-])cn1. The summed E-state index contributed by atoms with van der Waals surface area (Å²) in [5.41, 5.74) is 5.16. The van der Waals surface area contributed by atoms with Crippen LogP contribution in [0.4, 0.5) is 5.82 Å². The molecule has 1 heterocycles. The lowest BCUT2D eigenvalue weighted by molar-refractivity contribution is -0.608. The lowest BCUT2D eigenvalue weighted by Gasteiger charge is -1.94. The molecule has 0 spiro atoms. The third-order valence-electron chi connectivity index (χ3n) is 0.713. The van der Waals surface area contributed by atoms with Gasteiger partial charge < -0.3 is 10.9 Å².